The molecule has 0 aliphatic rings. The highest BCUT2D eigenvalue weighted by Crippen LogP contribution is 2.37. The molecule has 4 rings (SSSR count). The van der Waals surface area contributed by atoms with Crippen molar-refractivity contribution in [2.75, 3.05) is 18.9 Å². The van der Waals surface area contributed by atoms with E-state index >= 15 is 0 Å². The third-order valence-corrected chi connectivity index (χ3v) is 4.72. The van der Waals surface area contributed by atoms with Crippen LogP contribution in [0.2, 0.25) is 5.02 Å². The second-order valence-electron chi connectivity index (χ2n) is 6.35. The minimum atomic E-state index is 0.165. The summed E-state index contributed by atoms with van der Waals surface area (Å²) in [5, 5.41) is 8.20. The minimum absolute atomic E-state index is 0.165. The first kappa shape index (κ1) is 19.2. The van der Waals surface area contributed by atoms with Gasteiger partial charge in [0.2, 0.25) is 0 Å². The van der Waals surface area contributed by atoms with E-state index in [2.05, 4.69) is 15.3 Å². The van der Waals surface area contributed by atoms with Gasteiger partial charge in [-0.3, -0.25) is 0 Å². The van der Waals surface area contributed by atoms with Gasteiger partial charge in [0.25, 0.3) is 0 Å². The van der Waals surface area contributed by atoms with Crippen LogP contribution in [0.3, 0.4) is 0 Å². The highest BCUT2D eigenvalue weighted by Gasteiger charge is 2.24. The minimum Gasteiger partial charge on any atom is -0.490 e. The molecule has 3 aromatic heterocycles. The first-order chi connectivity index (χ1) is 14.1. The molecule has 29 heavy (non-hydrogen) atoms. The number of imidazole rings is 1. The fourth-order valence-corrected chi connectivity index (χ4v) is 3.36. The second kappa shape index (κ2) is 8.06. The largest absolute Gasteiger partial charge is 0.490 e. The molecule has 0 spiro atoms. The zero-order chi connectivity index (χ0) is 20.4. The molecule has 0 aliphatic heterocycles. The van der Waals surface area contributed by atoms with Crippen LogP contribution in [0.15, 0.2) is 35.1 Å². The van der Waals surface area contributed by atoms with Crippen LogP contribution in [0.4, 0.5) is 5.82 Å². The maximum Gasteiger partial charge on any atom is 0.199 e. The molecule has 0 amide bonds. The Morgan fingerprint density at radius 2 is 2.10 bits per heavy atom. The number of pyridine rings is 1. The predicted octanol–water partition coefficient (Wildman–Crippen LogP) is 3.13. The predicted molar refractivity (Wildman–Crippen MR) is 111 cm³/mol. The number of nitrogen functional groups attached to an aromatic ring is 1. The van der Waals surface area contributed by atoms with Crippen LogP contribution in [-0.4, -0.2) is 38.0 Å². The highest BCUT2D eigenvalue weighted by atomic mass is 35.5. The number of fused-ring (bicyclic) bond motifs is 1. The lowest BCUT2D eigenvalue weighted by atomic mass is 10.1. The fourth-order valence-electron chi connectivity index (χ4n) is 3.17. The number of halogens is 1. The van der Waals surface area contributed by atoms with Gasteiger partial charge < -0.3 is 20.8 Å². The maximum absolute atomic E-state index is 6.19. The highest BCUT2D eigenvalue weighted by molar-refractivity contribution is 6.30. The number of hydrogen-bond donors (Lipinski definition) is 2. The summed E-state index contributed by atoms with van der Waals surface area (Å²) in [4.78, 5) is 9.40. The van der Waals surface area contributed by atoms with Gasteiger partial charge in [-0.15, -0.1) is 0 Å². The third-order valence-electron chi connectivity index (χ3n) is 4.48. The van der Waals surface area contributed by atoms with Gasteiger partial charge in [-0.25, -0.2) is 14.6 Å². The summed E-state index contributed by atoms with van der Waals surface area (Å²) in [5.41, 5.74) is 14.8. The van der Waals surface area contributed by atoms with Gasteiger partial charge >= 0.3 is 0 Å². The fraction of sp³-hybridized carbons (Fsp3) is 0.263. The molecular weight excluding hydrogens is 394 g/mol. The second-order valence-corrected chi connectivity index (χ2v) is 6.78. The summed E-state index contributed by atoms with van der Waals surface area (Å²) in [7, 11) is 0. The van der Waals surface area contributed by atoms with Crippen LogP contribution < -0.4 is 16.2 Å². The number of rotatable bonds is 7. The van der Waals surface area contributed by atoms with Crippen molar-refractivity contribution in [3.63, 3.8) is 0 Å². The molecule has 4 aromatic rings. The van der Waals surface area contributed by atoms with Crippen molar-refractivity contribution >= 4 is 28.5 Å². The Hall–Kier alpha value is -3.17. The molecule has 3 heterocycles. The van der Waals surface area contributed by atoms with E-state index in [9.17, 15) is 0 Å². The molecular formula is C19H20ClN7O2. The Morgan fingerprint density at radius 3 is 2.79 bits per heavy atom. The molecule has 0 radical (unpaired) electrons. The number of ether oxygens (including phenoxy) is 1. The first-order valence-corrected chi connectivity index (χ1v) is 9.58. The van der Waals surface area contributed by atoms with Crippen LogP contribution in [0.1, 0.15) is 13.3 Å². The monoisotopic (exact) mass is 413 g/mol. The lowest BCUT2D eigenvalue weighted by molar-refractivity contribution is 0.310. The lowest BCUT2D eigenvalue weighted by Gasteiger charge is -2.11. The Labute approximate surface area is 171 Å². The van der Waals surface area contributed by atoms with E-state index in [0.717, 1.165) is 17.5 Å². The Kier molecular flexibility index (Phi) is 5.32. The normalized spacial score (nSPS) is 11.3. The summed E-state index contributed by atoms with van der Waals surface area (Å²) in [6.07, 6.45) is 2.42. The van der Waals surface area contributed by atoms with Crippen molar-refractivity contribution < 1.29 is 9.37 Å². The summed E-state index contributed by atoms with van der Waals surface area (Å²) in [5.74, 6) is 1.30. The SMILES string of the molecule is CCn1c(-c2nonc2N)nc2c(-c3cccc(Cl)c3)ncc(OCCCN)c21. The van der Waals surface area contributed by atoms with E-state index < -0.39 is 0 Å². The molecule has 4 N–H and O–H groups in total. The van der Waals surface area contributed by atoms with Crippen molar-refractivity contribution in [3.05, 3.63) is 35.5 Å². The Morgan fingerprint density at radius 1 is 1.24 bits per heavy atom. The van der Waals surface area contributed by atoms with E-state index in [0.29, 0.717) is 53.2 Å². The van der Waals surface area contributed by atoms with E-state index in [4.69, 9.17) is 37.4 Å². The maximum atomic E-state index is 6.19. The van der Waals surface area contributed by atoms with Crippen LogP contribution in [-0.2, 0) is 6.54 Å². The van der Waals surface area contributed by atoms with Crippen molar-refractivity contribution in [2.45, 2.75) is 19.9 Å². The third kappa shape index (κ3) is 3.50. The molecule has 0 fully saturated rings. The lowest BCUT2D eigenvalue weighted by Crippen LogP contribution is -2.08. The van der Waals surface area contributed by atoms with Crippen molar-refractivity contribution in [1.29, 1.82) is 0 Å². The zero-order valence-corrected chi connectivity index (χ0v) is 16.6. The molecule has 150 valence electrons. The van der Waals surface area contributed by atoms with Gasteiger partial charge in [-0.1, -0.05) is 23.7 Å². The number of nitrogens with two attached hydrogens (primary N) is 2. The molecule has 0 saturated carbocycles. The van der Waals surface area contributed by atoms with Crippen molar-refractivity contribution in [1.82, 2.24) is 24.8 Å². The average molecular weight is 414 g/mol. The average Bonchev–Trinajstić information content (AvgIpc) is 3.31. The molecule has 0 unspecified atom stereocenters. The summed E-state index contributed by atoms with van der Waals surface area (Å²) in [6.45, 7) is 3.61. The van der Waals surface area contributed by atoms with Crippen LogP contribution in [0.5, 0.6) is 5.75 Å². The smallest absolute Gasteiger partial charge is 0.199 e. The number of aryl methyl sites for hydroxylation is 1. The van der Waals surface area contributed by atoms with Gasteiger partial charge in [0.05, 0.1) is 18.5 Å². The number of benzene rings is 1. The van der Waals surface area contributed by atoms with Gasteiger partial charge in [0, 0.05) is 17.1 Å². The van der Waals surface area contributed by atoms with Crippen molar-refractivity contribution in [2.24, 2.45) is 5.73 Å². The number of hydrogen-bond acceptors (Lipinski definition) is 8. The molecule has 0 atom stereocenters. The number of anilines is 1. The molecule has 9 nitrogen and oxygen atoms in total. The molecule has 10 heteroatoms. The molecule has 1 aromatic carbocycles. The number of nitrogens with zero attached hydrogens (tertiary/aromatic N) is 5. The van der Waals surface area contributed by atoms with Gasteiger partial charge in [0.1, 0.15) is 11.0 Å². The van der Waals surface area contributed by atoms with E-state index in [1.54, 1.807) is 6.20 Å². The van der Waals surface area contributed by atoms with E-state index in [-0.39, 0.29) is 5.82 Å². The quantitative estimate of drug-likeness (QED) is 0.442. The number of aromatic nitrogens is 5. The topological polar surface area (TPSA) is 131 Å². The standard InChI is InChI=1S/C19H20ClN7O2/c1-2-27-17-13(28-8-4-7-21)10-23-14(11-5-3-6-12(20)9-11)15(17)24-19(27)16-18(22)26-29-25-16/h3,5-6,9-10H,2,4,7-8,21H2,1H3,(H2,22,26). The molecule has 0 saturated heterocycles. The zero-order valence-electron chi connectivity index (χ0n) is 15.8. The van der Waals surface area contributed by atoms with Gasteiger partial charge in [-0.2, -0.15) is 0 Å². The van der Waals surface area contributed by atoms with Gasteiger partial charge in [0.15, 0.2) is 23.1 Å². The Bertz CT molecular complexity index is 1150. The summed E-state index contributed by atoms with van der Waals surface area (Å²) in [6, 6.07) is 7.45. The Balaban J connectivity index is 1.98. The van der Waals surface area contributed by atoms with E-state index in [1.165, 1.54) is 0 Å². The summed E-state index contributed by atoms with van der Waals surface area (Å²) >= 11 is 6.19. The molecule has 0 aliphatic carbocycles. The van der Waals surface area contributed by atoms with Gasteiger partial charge in [-0.05, 0) is 42.3 Å². The summed E-state index contributed by atoms with van der Waals surface area (Å²) < 4.78 is 12.7. The first-order valence-electron chi connectivity index (χ1n) is 9.20. The van der Waals surface area contributed by atoms with Crippen LogP contribution in [0.25, 0.3) is 33.8 Å². The van der Waals surface area contributed by atoms with Crippen LogP contribution in [0, 0.1) is 0 Å². The van der Waals surface area contributed by atoms with Crippen LogP contribution >= 0.6 is 11.6 Å². The van der Waals surface area contributed by atoms with Crippen molar-refractivity contribution in [3.8, 4) is 28.5 Å². The van der Waals surface area contributed by atoms with E-state index in [1.807, 2.05) is 35.8 Å². The molecule has 0 bridgehead atoms.